The first-order valence-corrected chi connectivity index (χ1v) is 4.57. The van der Waals surface area contributed by atoms with E-state index >= 15 is 0 Å². The molecular weight excluding hydrogens is 146 g/mol. The zero-order valence-electron chi connectivity index (χ0n) is 7.72. The van der Waals surface area contributed by atoms with E-state index in [9.17, 15) is 0 Å². The summed E-state index contributed by atoms with van der Waals surface area (Å²) in [6.07, 6.45) is 1.29. The second kappa shape index (κ2) is 2.91. The average Bonchev–Trinajstić information content (AvgIpc) is 1.79. The van der Waals surface area contributed by atoms with Crippen molar-refractivity contribution in [1.29, 1.82) is 0 Å². The van der Waals surface area contributed by atoms with Crippen molar-refractivity contribution in [3.8, 4) is 0 Å². The van der Waals surface area contributed by atoms with Gasteiger partial charge in [0.25, 0.3) is 0 Å². The molecule has 0 aromatic heterocycles. The number of aryl methyl sites for hydroxylation is 2. The van der Waals surface area contributed by atoms with E-state index in [1.807, 2.05) is 0 Å². The van der Waals surface area contributed by atoms with Gasteiger partial charge in [-0.15, -0.1) is 0 Å². The Labute approximate surface area is 73.8 Å². The Kier molecular flexibility index (Phi) is 1.89. The van der Waals surface area contributed by atoms with E-state index < -0.39 is 0 Å². The van der Waals surface area contributed by atoms with Crippen LogP contribution in [0, 0.1) is 13.8 Å². The minimum absolute atomic E-state index is 0.628. The van der Waals surface area contributed by atoms with Gasteiger partial charge < -0.3 is 5.32 Å². The van der Waals surface area contributed by atoms with Crippen molar-refractivity contribution in [3.05, 3.63) is 34.9 Å². The summed E-state index contributed by atoms with van der Waals surface area (Å²) in [5.74, 6) is 0. The quantitative estimate of drug-likeness (QED) is 0.666. The maximum absolute atomic E-state index is 3.42. The van der Waals surface area contributed by atoms with Gasteiger partial charge in [-0.25, -0.2) is 0 Å². The highest BCUT2D eigenvalue weighted by molar-refractivity contribution is 5.31. The fraction of sp³-hybridized carbons (Fsp3) is 0.455. The van der Waals surface area contributed by atoms with Gasteiger partial charge in [0.2, 0.25) is 0 Å². The lowest BCUT2D eigenvalue weighted by Crippen LogP contribution is -2.34. The molecule has 0 aliphatic carbocycles. The molecule has 64 valence electrons. The molecule has 0 radical (unpaired) electrons. The van der Waals surface area contributed by atoms with Gasteiger partial charge in [0.1, 0.15) is 0 Å². The Morgan fingerprint density at radius 1 is 1.17 bits per heavy atom. The first kappa shape index (κ1) is 7.81. The van der Waals surface area contributed by atoms with Crippen LogP contribution in [0.5, 0.6) is 0 Å². The Morgan fingerprint density at radius 2 is 1.75 bits per heavy atom. The van der Waals surface area contributed by atoms with Crippen LogP contribution in [0.25, 0.3) is 0 Å². The SMILES string of the molecule is Cc1cc(C)cc(C2CCN2)c1. The van der Waals surface area contributed by atoms with E-state index in [0.29, 0.717) is 6.04 Å². The standard InChI is InChI=1S/C11H15N/c1-8-5-9(2)7-10(6-8)11-3-4-12-11/h5-7,11-12H,3-4H2,1-2H3. The zero-order valence-corrected chi connectivity index (χ0v) is 7.72. The molecule has 0 amide bonds. The van der Waals surface area contributed by atoms with Gasteiger partial charge in [-0.05, 0) is 32.4 Å². The van der Waals surface area contributed by atoms with Crippen LogP contribution in [-0.2, 0) is 0 Å². The molecule has 1 atom stereocenters. The third-order valence-electron chi connectivity index (χ3n) is 2.47. The summed E-state index contributed by atoms with van der Waals surface area (Å²) in [6, 6.07) is 7.42. The molecule has 1 fully saturated rings. The van der Waals surface area contributed by atoms with E-state index in [1.165, 1.54) is 29.7 Å². The molecule has 1 saturated heterocycles. The zero-order chi connectivity index (χ0) is 8.55. The smallest absolute Gasteiger partial charge is 0.0332 e. The second-order valence-corrected chi connectivity index (χ2v) is 3.72. The fourth-order valence-corrected chi connectivity index (χ4v) is 1.78. The van der Waals surface area contributed by atoms with Crippen LogP contribution >= 0.6 is 0 Å². The van der Waals surface area contributed by atoms with Crippen LogP contribution in [0.15, 0.2) is 18.2 Å². The van der Waals surface area contributed by atoms with E-state index in [4.69, 9.17) is 0 Å². The molecule has 2 rings (SSSR count). The minimum atomic E-state index is 0.628. The van der Waals surface area contributed by atoms with Crippen LogP contribution in [0.1, 0.15) is 29.2 Å². The maximum Gasteiger partial charge on any atom is 0.0332 e. The summed E-state index contributed by atoms with van der Waals surface area (Å²) in [6.45, 7) is 5.50. The average molecular weight is 161 g/mol. The summed E-state index contributed by atoms with van der Waals surface area (Å²) in [5.41, 5.74) is 4.20. The van der Waals surface area contributed by atoms with E-state index in [2.05, 4.69) is 37.4 Å². The first-order chi connectivity index (χ1) is 5.75. The molecule has 1 aromatic carbocycles. The number of nitrogens with one attached hydrogen (secondary N) is 1. The highest BCUT2D eigenvalue weighted by Gasteiger charge is 2.18. The van der Waals surface area contributed by atoms with E-state index in [0.717, 1.165) is 0 Å². The van der Waals surface area contributed by atoms with Crippen LogP contribution in [0.3, 0.4) is 0 Å². The van der Waals surface area contributed by atoms with Crippen LogP contribution in [0.4, 0.5) is 0 Å². The Balaban J connectivity index is 2.30. The normalized spacial score (nSPS) is 22.0. The van der Waals surface area contributed by atoms with Gasteiger partial charge >= 0.3 is 0 Å². The maximum atomic E-state index is 3.42. The second-order valence-electron chi connectivity index (χ2n) is 3.72. The molecule has 1 unspecified atom stereocenters. The summed E-state index contributed by atoms with van der Waals surface area (Å²) < 4.78 is 0. The summed E-state index contributed by atoms with van der Waals surface area (Å²) in [5, 5.41) is 3.42. The molecular formula is C11H15N. The van der Waals surface area contributed by atoms with Gasteiger partial charge in [0, 0.05) is 6.04 Å². The highest BCUT2D eigenvalue weighted by atomic mass is 15.0. The highest BCUT2D eigenvalue weighted by Crippen LogP contribution is 2.24. The number of hydrogen-bond acceptors (Lipinski definition) is 1. The van der Waals surface area contributed by atoms with Crippen LogP contribution in [0.2, 0.25) is 0 Å². The molecule has 12 heavy (non-hydrogen) atoms. The van der Waals surface area contributed by atoms with Gasteiger partial charge in [0.05, 0.1) is 0 Å². The predicted molar refractivity (Wildman–Crippen MR) is 51.3 cm³/mol. The molecule has 1 heteroatoms. The molecule has 1 N–H and O–H groups in total. The third kappa shape index (κ3) is 1.37. The first-order valence-electron chi connectivity index (χ1n) is 4.57. The van der Waals surface area contributed by atoms with Crippen LogP contribution in [-0.4, -0.2) is 6.54 Å². The van der Waals surface area contributed by atoms with Crippen molar-refractivity contribution in [2.24, 2.45) is 0 Å². The fourth-order valence-electron chi connectivity index (χ4n) is 1.78. The molecule has 0 saturated carbocycles. The van der Waals surface area contributed by atoms with Crippen molar-refractivity contribution < 1.29 is 0 Å². The minimum Gasteiger partial charge on any atom is -0.310 e. The summed E-state index contributed by atoms with van der Waals surface area (Å²) in [4.78, 5) is 0. The molecule has 0 bridgehead atoms. The van der Waals surface area contributed by atoms with Gasteiger partial charge in [-0.2, -0.15) is 0 Å². The Bertz CT molecular complexity index is 267. The summed E-state index contributed by atoms with van der Waals surface area (Å²) in [7, 11) is 0. The molecule has 0 spiro atoms. The largest absolute Gasteiger partial charge is 0.310 e. The van der Waals surface area contributed by atoms with Gasteiger partial charge in [0.15, 0.2) is 0 Å². The Morgan fingerprint density at radius 3 is 2.17 bits per heavy atom. The number of rotatable bonds is 1. The van der Waals surface area contributed by atoms with Crippen molar-refractivity contribution >= 4 is 0 Å². The lowest BCUT2D eigenvalue weighted by Gasteiger charge is -2.28. The molecule has 1 nitrogen and oxygen atoms in total. The third-order valence-corrected chi connectivity index (χ3v) is 2.47. The topological polar surface area (TPSA) is 12.0 Å². The number of hydrogen-bond donors (Lipinski definition) is 1. The predicted octanol–water partition coefficient (Wildman–Crippen LogP) is 2.34. The molecule has 1 heterocycles. The van der Waals surface area contributed by atoms with Gasteiger partial charge in [-0.3, -0.25) is 0 Å². The molecule has 1 aromatic rings. The monoisotopic (exact) mass is 161 g/mol. The van der Waals surface area contributed by atoms with Gasteiger partial charge in [-0.1, -0.05) is 29.3 Å². The molecule has 1 aliphatic heterocycles. The van der Waals surface area contributed by atoms with Crippen molar-refractivity contribution in [2.45, 2.75) is 26.3 Å². The number of benzene rings is 1. The lowest BCUT2D eigenvalue weighted by atomic mass is 9.95. The van der Waals surface area contributed by atoms with E-state index in [-0.39, 0.29) is 0 Å². The molecule has 1 aliphatic rings. The van der Waals surface area contributed by atoms with E-state index in [1.54, 1.807) is 0 Å². The van der Waals surface area contributed by atoms with Crippen molar-refractivity contribution in [3.63, 3.8) is 0 Å². The van der Waals surface area contributed by atoms with Crippen molar-refractivity contribution in [2.75, 3.05) is 6.54 Å². The summed E-state index contributed by atoms with van der Waals surface area (Å²) >= 11 is 0. The van der Waals surface area contributed by atoms with Crippen LogP contribution < -0.4 is 5.32 Å². The van der Waals surface area contributed by atoms with Crippen molar-refractivity contribution in [1.82, 2.24) is 5.32 Å². The lowest BCUT2D eigenvalue weighted by molar-refractivity contribution is 0.383. The Hall–Kier alpha value is -0.820.